The van der Waals surface area contributed by atoms with E-state index in [0.717, 1.165) is 29.7 Å². The molecule has 7 heteroatoms. The number of hydrogen-bond acceptors (Lipinski definition) is 3. The first-order chi connectivity index (χ1) is 17.2. The lowest BCUT2D eigenvalue weighted by Crippen LogP contribution is -2.34. The second kappa shape index (κ2) is 11.4. The Morgan fingerprint density at radius 2 is 1.81 bits per heavy atom. The number of carboxylic acid groups (broad SMARTS) is 1. The number of ether oxygens (including phenoxy) is 1. The highest BCUT2D eigenvalue weighted by Gasteiger charge is 2.36. The molecule has 0 spiro atoms. The number of benzene rings is 3. The van der Waals surface area contributed by atoms with Crippen LogP contribution in [-0.4, -0.2) is 40.6 Å². The Morgan fingerprint density at radius 1 is 1.03 bits per heavy atom. The highest BCUT2D eigenvalue weighted by atomic mass is 35.5. The molecule has 1 atom stereocenters. The number of hydrogen-bond donors (Lipinski definition) is 1. The number of halogens is 2. The zero-order valence-corrected chi connectivity index (χ0v) is 21.7. The maximum absolute atomic E-state index is 13.4. The number of aliphatic carboxylic acids is 1. The number of carboxylic acids is 1. The fourth-order valence-electron chi connectivity index (χ4n) is 4.69. The molecule has 0 radical (unpaired) electrons. The summed E-state index contributed by atoms with van der Waals surface area (Å²) in [6, 6.07) is 21.1. The van der Waals surface area contributed by atoms with E-state index in [1.165, 1.54) is 5.56 Å². The Kier molecular flexibility index (Phi) is 8.22. The van der Waals surface area contributed by atoms with Gasteiger partial charge in [0, 0.05) is 31.5 Å². The van der Waals surface area contributed by atoms with Crippen LogP contribution in [0.5, 0.6) is 5.75 Å². The van der Waals surface area contributed by atoms with Crippen molar-refractivity contribution in [3.8, 4) is 5.75 Å². The van der Waals surface area contributed by atoms with Crippen molar-refractivity contribution in [2.45, 2.75) is 44.6 Å². The van der Waals surface area contributed by atoms with Crippen molar-refractivity contribution in [2.24, 2.45) is 0 Å². The highest BCUT2D eigenvalue weighted by molar-refractivity contribution is 6.42. The summed E-state index contributed by atoms with van der Waals surface area (Å²) in [5.41, 5.74) is 3.07. The van der Waals surface area contributed by atoms with Crippen molar-refractivity contribution in [1.29, 1.82) is 0 Å². The smallest absolute Gasteiger partial charge is 0.305 e. The molecule has 5 nitrogen and oxygen atoms in total. The predicted molar refractivity (Wildman–Crippen MR) is 142 cm³/mol. The van der Waals surface area contributed by atoms with E-state index in [1.807, 2.05) is 49.4 Å². The summed E-state index contributed by atoms with van der Waals surface area (Å²) in [6.45, 7) is 2.68. The highest BCUT2D eigenvalue weighted by Crippen LogP contribution is 2.39. The largest absolute Gasteiger partial charge is 0.487 e. The molecule has 0 aliphatic carbocycles. The Labute approximate surface area is 221 Å². The molecule has 0 aromatic heterocycles. The molecule has 1 amide bonds. The molecule has 0 fully saturated rings. The Hall–Kier alpha value is -3.02. The third-order valence-corrected chi connectivity index (χ3v) is 7.30. The first-order valence-corrected chi connectivity index (χ1v) is 12.8. The van der Waals surface area contributed by atoms with Gasteiger partial charge in [-0.05, 0) is 60.7 Å². The number of nitrogens with zero attached hydrogens (tertiary/aromatic N) is 1. The number of amides is 1. The monoisotopic (exact) mass is 525 g/mol. The van der Waals surface area contributed by atoms with Crippen LogP contribution in [0.15, 0.2) is 66.7 Å². The SMILES string of the molecule is CC1(Cc2cccc(Cl)c2Cl)Cc2cc(C(=O)N(CCCc3ccccc3)CCC(=O)O)ccc2O1. The van der Waals surface area contributed by atoms with Gasteiger partial charge in [-0.2, -0.15) is 0 Å². The van der Waals surface area contributed by atoms with Gasteiger partial charge >= 0.3 is 5.97 Å². The van der Waals surface area contributed by atoms with E-state index in [1.54, 1.807) is 17.0 Å². The molecular weight excluding hydrogens is 497 g/mol. The minimum Gasteiger partial charge on any atom is -0.487 e. The average molecular weight is 526 g/mol. The standard InChI is InChI=1S/C29H29Cl2NO4/c1-29(18-22-10-5-11-24(30)27(22)31)19-23-17-21(12-13-25(23)36-29)28(35)32(16-14-26(33)34)15-6-9-20-7-3-2-4-8-20/h2-5,7-8,10-13,17H,6,9,14-16,18-19H2,1H3,(H,33,34). The zero-order chi connectivity index (χ0) is 25.7. The molecule has 36 heavy (non-hydrogen) atoms. The molecule has 1 unspecified atom stereocenters. The second-order valence-corrected chi connectivity index (χ2v) is 10.3. The van der Waals surface area contributed by atoms with Crippen molar-refractivity contribution in [3.05, 3.63) is 99.0 Å². The van der Waals surface area contributed by atoms with Gasteiger partial charge in [0.2, 0.25) is 0 Å². The lowest BCUT2D eigenvalue weighted by Gasteiger charge is -2.24. The molecule has 188 valence electrons. The summed E-state index contributed by atoms with van der Waals surface area (Å²) in [6.07, 6.45) is 2.68. The fraction of sp³-hybridized carbons (Fsp3) is 0.310. The van der Waals surface area contributed by atoms with Crippen LogP contribution in [0.25, 0.3) is 0 Å². The summed E-state index contributed by atoms with van der Waals surface area (Å²) in [5.74, 6) is -0.347. The first-order valence-electron chi connectivity index (χ1n) is 12.0. The second-order valence-electron chi connectivity index (χ2n) is 9.47. The lowest BCUT2D eigenvalue weighted by molar-refractivity contribution is -0.137. The molecule has 4 rings (SSSR count). The van der Waals surface area contributed by atoms with Crippen LogP contribution in [0.3, 0.4) is 0 Å². The van der Waals surface area contributed by atoms with E-state index < -0.39 is 11.6 Å². The molecule has 3 aromatic rings. The minimum absolute atomic E-state index is 0.0937. The molecule has 0 saturated carbocycles. The van der Waals surface area contributed by atoms with Gasteiger partial charge in [0.1, 0.15) is 11.4 Å². The van der Waals surface area contributed by atoms with Gasteiger partial charge in [0.25, 0.3) is 5.91 Å². The van der Waals surface area contributed by atoms with Crippen molar-refractivity contribution in [3.63, 3.8) is 0 Å². The van der Waals surface area contributed by atoms with E-state index in [4.69, 9.17) is 27.9 Å². The van der Waals surface area contributed by atoms with Gasteiger partial charge in [-0.25, -0.2) is 0 Å². The molecule has 3 aromatic carbocycles. The van der Waals surface area contributed by atoms with Crippen LogP contribution in [0, 0.1) is 0 Å². The molecule has 0 bridgehead atoms. The van der Waals surface area contributed by atoms with Crippen LogP contribution >= 0.6 is 23.2 Å². The Balaban J connectivity index is 1.46. The topological polar surface area (TPSA) is 66.8 Å². The van der Waals surface area contributed by atoms with Gasteiger partial charge < -0.3 is 14.7 Å². The van der Waals surface area contributed by atoms with Gasteiger partial charge in [0.15, 0.2) is 0 Å². The Morgan fingerprint density at radius 3 is 2.56 bits per heavy atom. The van der Waals surface area contributed by atoms with Crippen molar-refractivity contribution >= 4 is 35.1 Å². The third kappa shape index (κ3) is 6.40. The number of carbonyl (C=O) groups excluding carboxylic acids is 1. The van der Waals surface area contributed by atoms with Crippen LogP contribution in [0.4, 0.5) is 0 Å². The van der Waals surface area contributed by atoms with Crippen molar-refractivity contribution < 1.29 is 19.4 Å². The summed E-state index contributed by atoms with van der Waals surface area (Å²) < 4.78 is 6.28. The van der Waals surface area contributed by atoms with E-state index in [-0.39, 0.29) is 18.9 Å². The summed E-state index contributed by atoms with van der Waals surface area (Å²) in [4.78, 5) is 26.2. The van der Waals surface area contributed by atoms with Crippen LogP contribution in [0.1, 0.15) is 46.8 Å². The number of fused-ring (bicyclic) bond motifs is 1. The van der Waals surface area contributed by atoms with Crippen molar-refractivity contribution in [1.82, 2.24) is 4.90 Å². The zero-order valence-electron chi connectivity index (χ0n) is 20.2. The molecule has 1 aliphatic heterocycles. The van der Waals surface area contributed by atoms with Crippen molar-refractivity contribution in [2.75, 3.05) is 13.1 Å². The molecule has 1 heterocycles. The van der Waals surface area contributed by atoms with Crippen LogP contribution in [0.2, 0.25) is 10.0 Å². The van der Waals surface area contributed by atoms with E-state index in [9.17, 15) is 14.7 Å². The number of carbonyl (C=O) groups is 2. The third-order valence-electron chi connectivity index (χ3n) is 6.44. The molecule has 0 saturated heterocycles. The maximum Gasteiger partial charge on any atom is 0.305 e. The maximum atomic E-state index is 13.4. The summed E-state index contributed by atoms with van der Waals surface area (Å²) in [5, 5.41) is 10.2. The van der Waals surface area contributed by atoms with E-state index in [0.29, 0.717) is 35.0 Å². The Bertz CT molecular complexity index is 1250. The average Bonchev–Trinajstić information content (AvgIpc) is 3.19. The van der Waals surface area contributed by atoms with Gasteiger partial charge in [-0.15, -0.1) is 0 Å². The van der Waals surface area contributed by atoms with Crippen LogP contribution < -0.4 is 4.74 Å². The van der Waals surface area contributed by atoms with E-state index >= 15 is 0 Å². The molecular formula is C29H29Cl2NO4. The molecule has 1 aliphatic rings. The minimum atomic E-state index is -0.923. The predicted octanol–water partition coefficient (Wildman–Crippen LogP) is 6.48. The lowest BCUT2D eigenvalue weighted by atomic mass is 9.91. The normalized spacial score (nSPS) is 16.3. The fourth-order valence-corrected chi connectivity index (χ4v) is 5.07. The van der Waals surface area contributed by atoms with Crippen LogP contribution in [-0.2, 0) is 24.1 Å². The molecule has 1 N–H and O–H groups in total. The van der Waals surface area contributed by atoms with E-state index in [2.05, 4.69) is 12.1 Å². The van der Waals surface area contributed by atoms with Gasteiger partial charge in [-0.3, -0.25) is 9.59 Å². The summed E-state index contributed by atoms with van der Waals surface area (Å²) in [7, 11) is 0. The van der Waals surface area contributed by atoms with Gasteiger partial charge in [-0.1, -0.05) is 65.7 Å². The summed E-state index contributed by atoms with van der Waals surface area (Å²) >= 11 is 12.6. The quantitative estimate of drug-likeness (QED) is 0.329. The first kappa shape index (κ1) is 26.1. The number of aryl methyl sites for hydroxylation is 1. The van der Waals surface area contributed by atoms with Gasteiger partial charge in [0.05, 0.1) is 16.5 Å². The number of rotatable bonds is 10.